The van der Waals surface area contributed by atoms with Gasteiger partial charge in [-0.2, -0.15) is 13.2 Å². The second kappa shape index (κ2) is 8.67. The minimum absolute atomic E-state index is 0.0508. The van der Waals surface area contributed by atoms with Crippen LogP contribution in [0.1, 0.15) is 15.9 Å². The zero-order valence-electron chi connectivity index (χ0n) is 16.0. The topological polar surface area (TPSA) is 118 Å². The number of nitrogens with one attached hydrogen (secondary N) is 2. The number of halogens is 3. The zero-order chi connectivity index (χ0) is 23.5. The molecule has 32 heavy (non-hydrogen) atoms. The van der Waals surface area contributed by atoms with Crippen LogP contribution in [0.2, 0.25) is 0 Å². The Labute approximate surface area is 179 Å². The van der Waals surface area contributed by atoms with Crippen molar-refractivity contribution in [2.24, 2.45) is 0 Å². The Bertz CT molecular complexity index is 1290. The molecule has 0 aliphatic heterocycles. The van der Waals surface area contributed by atoms with Gasteiger partial charge in [0, 0.05) is 23.0 Å². The fourth-order valence-corrected chi connectivity index (χ4v) is 3.97. The highest BCUT2D eigenvalue weighted by molar-refractivity contribution is 7.92. The molecule has 0 saturated carbocycles. The number of carbonyl (C=O) groups is 1. The molecule has 12 heteroatoms. The number of para-hydroxylation sites is 1. The van der Waals surface area contributed by atoms with E-state index >= 15 is 0 Å². The molecule has 0 heterocycles. The number of amides is 1. The number of hydrogen-bond acceptors (Lipinski definition) is 5. The monoisotopic (exact) mass is 465 g/mol. The van der Waals surface area contributed by atoms with Gasteiger partial charge in [-0.3, -0.25) is 19.6 Å². The molecule has 0 aromatic heterocycles. The van der Waals surface area contributed by atoms with Crippen molar-refractivity contribution in [3.05, 3.63) is 94.0 Å². The standard InChI is InChI=1S/C20H14F3N3O5S/c21-20(22,23)14-6-4-7-15(12-14)24-19(27)13-5-3-8-16(11-13)25-32(30,31)18-10-2-1-9-17(18)26(28)29/h1-12,25H,(H,24,27). The molecular formula is C20H14F3N3O5S. The molecule has 0 radical (unpaired) electrons. The number of anilines is 2. The van der Waals surface area contributed by atoms with Crippen molar-refractivity contribution < 1.29 is 31.3 Å². The first-order valence-corrected chi connectivity index (χ1v) is 10.3. The fraction of sp³-hybridized carbons (Fsp3) is 0.0500. The lowest BCUT2D eigenvalue weighted by molar-refractivity contribution is -0.387. The first kappa shape index (κ1) is 22.7. The van der Waals surface area contributed by atoms with E-state index in [1.807, 2.05) is 0 Å². The maximum atomic E-state index is 12.8. The first-order chi connectivity index (χ1) is 15.0. The SMILES string of the molecule is O=C(Nc1cccc(C(F)(F)F)c1)c1cccc(NS(=O)(=O)c2ccccc2[N+](=O)[O-])c1. The predicted octanol–water partition coefficient (Wildman–Crippen LogP) is 4.67. The fourth-order valence-electron chi connectivity index (χ4n) is 2.75. The summed E-state index contributed by atoms with van der Waals surface area (Å²) < 4.78 is 65.9. The number of sulfonamides is 1. The van der Waals surface area contributed by atoms with Crippen LogP contribution in [0, 0.1) is 10.1 Å². The van der Waals surface area contributed by atoms with Crippen LogP contribution >= 0.6 is 0 Å². The molecule has 0 aliphatic carbocycles. The van der Waals surface area contributed by atoms with E-state index in [-0.39, 0.29) is 16.9 Å². The molecule has 0 spiro atoms. The van der Waals surface area contributed by atoms with Gasteiger partial charge in [-0.05, 0) is 42.5 Å². The lowest BCUT2D eigenvalue weighted by Crippen LogP contribution is -2.16. The molecule has 0 aliphatic rings. The number of alkyl halides is 3. The van der Waals surface area contributed by atoms with E-state index in [0.717, 1.165) is 36.4 Å². The molecule has 0 unspecified atom stereocenters. The summed E-state index contributed by atoms with van der Waals surface area (Å²) in [5, 5.41) is 13.4. The normalized spacial score (nSPS) is 11.6. The Balaban J connectivity index is 1.83. The smallest absolute Gasteiger partial charge is 0.322 e. The van der Waals surface area contributed by atoms with Crippen molar-refractivity contribution in [1.29, 1.82) is 0 Å². The average Bonchev–Trinajstić information content (AvgIpc) is 2.73. The quantitative estimate of drug-likeness (QED) is 0.405. The number of nitrogens with zero attached hydrogens (tertiary/aromatic N) is 1. The molecule has 0 atom stereocenters. The van der Waals surface area contributed by atoms with E-state index in [9.17, 15) is 36.5 Å². The number of nitro benzene ring substituents is 1. The Morgan fingerprint density at radius 3 is 2.25 bits per heavy atom. The van der Waals surface area contributed by atoms with Gasteiger partial charge < -0.3 is 5.32 Å². The van der Waals surface area contributed by atoms with Crippen molar-refractivity contribution in [1.82, 2.24) is 0 Å². The molecule has 0 saturated heterocycles. The van der Waals surface area contributed by atoms with Gasteiger partial charge in [-0.25, -0.2) is 8.42 Å². The van der Waals surface area contributed by atoms with E-state index in [1.165, 1.54) is 36.4 Å². The third kappa shape index (κ3) is 5.21. The van der Waals surface area contributed by atoms with Gasteiger partial charge in [-0.1, -0.05) is 24.3 Å². The first-order valence-electron chi connectivity index (χ1n) is 8.82. The van der Waals surface area contributed by atoms with Gasteiger partial charge in [0.2, 0.25) is 0 Å². The molecule has 1 amide bonds. The summed E-state index contributed by atoms with van der Waals surface area (Å²) in [6, 6.07) is 13.9. The van der Waals surface area contributed by atoms with E-state index < -0.39 is 43.2 Å². The van der Waals surface area contributed by atoms with E-state index in [1.54, 1.807) is 0 Å². The van der Waals surface area contributed by atoms with Crippen LogP contribution in [0.3, 0.4) is 0 Å². The largest absolute Gasteiger partial charge is 0.416 e. The number of nitro groups is 1. The lowest BCUT2D eigenvalue weighted by atomic mass is 10.1. The summed E-state index contributed by atoms with van der Waals surface area (Å²) in [7, 11) is -4.36. The molecule has 3 aromatic rings. The molecule has 0 fully saturated rings. The minimum Gasteiger partial charge on any atom is -0.322 e. The maximum absolute atomic E-state index is 12.8. The summed E-state index contributed by atoms with van der Waals surface area (Å²) in [4.78, 5) is 22.2. The van der Waals surface area contributed by atoms with Crippen LogP contribution in [-0.4, -0.2) is 19.2 Å². The third-order valence-electron chi connectivity index (χ3n) is 4.18. The highest BCUT2D eigenvalue weighted by atomic mass is 32.2. The summed E-state index contributed by atoms with van der Waals surface area (Å²) in [5.41, 5.74) is -1.79. The highest BCUT2D eigenvalue weighted by Gasteiger charge is 2.30. The van der Waals surface area contributed by atoms with Gasteiger partial charge in [0.1, 0.15) is 0 Å². The van der Waals surface area contributed by atoms with Crippen molar-refractivity contribution in [2.45, 2.75) is 11.1 Å². The maximum Gasteiger partial charge on any atom is 0.416 e. The predicted molar refractivity (Wildman–Crippen MR) is 110 cm³/mol. The Morgan fingerprint density at radius 1 is 0.906 bits per heavy atom. The Kier molecular flexibility index (Phi) is 6.16. The lowest BCUT2D eigenvalue weighted by Gasteiger charge is -2.11. The Morgan fingerprint density at radius 2 is 1.56 bits per heavy atom. The molecular weight excluding hydrogens is 451 g/mol. The number of hydrogen-bond donors (Lipinski definition) is 2. The van der Waals surface area contributed by atoms with Crippen LogP contribution < -0.4 is 10.0 Å². The second-order valence-electron chi connectivity index (χ2n) is 6.44. The van der Waals surface area contributed by atoms with E-state index in [4.69, 9.17) is 0 Å². The molecule has 2 N–H and O–H groups in total. The van der Waals surface area contributed by atoms with Crippen LogP contribution in [0.4, 0.5) is 30.2 Å². The van der Waals surface area contributed by atoms with E-state index in [2.05, 4.69) is 10.0 Å². The summed E-state index contributed by atoms with van der Waals surface area (Å²) >= 11 is 0. The minimum atomic E-state index is -4.58. The van der Waals surface area contributed by atoms with Crippen LogP contribution in [0.5, 0.6) is 0 Å². The van der Waals surface area contributed by atoms with Crippen molar-refractivity contribution in [3.8, 4) is 0 Å². The average molecular weight is 465 g/mol. The van der Waals surface area contributed by atoms with Crippen molar-refractivity contribution >= 4 is 33.0 Å². The van der Waals surface area contributed by atoms with Crippen LogP contribution in [0.15, 0.2) is 77.7 Å². The number of rotatable bonds is 6. The summed E-state index contributed by atoms with van der Waals surface area (Å²) in [5.74, 6) is -0.781. The summed E-state index contributed by atoms with van der Waals surface area (Å²) in [6.45, 7) is 0. The van der Waals surface area contributed by atoms with Gasteiger partial charge in [-0.15, -0.1) is 0 Å². The van der Waals surface area contributed by atoms with E-state index in [0.29, 0.717) is 0 Å². The number of carbonyl (C=O) groups excluding carboxylic acids is 1. The van der Waals surface area contributed by atoms with Gasteiger partial charge in [0.15, 0.2) is 4.90 Å². The van der Waals surface area contributed by atoms with Crippen molar-refractivity contribution in [3.63, 3.8) is 0 Å². The Hall–Kier alpha value is -3.93. The molecule has 166 valence electrons. The van der Waals surface area contributed by atoms with Gasteiger partial charge >= 0.3 is 6.18 Å². The summed E-state index contributed by atoms with van der Waals surface area (Å²) in [6.07, 6.45) is -4.58. The number of benzene rings is 3. The van der Waals surface area contributed by atoms with Gasteiger partial charge in [0.25, 0.3) is 21.6 Å². The molecule has 3 rings (SSSR count). The molecule has 8 nitrogen and oxygen atoms in total. The molecule has 0 bridgehead atoms. The molecule has 3 aromatic carbocycles. The third-order valence-corrected chi connectivity index (χ3v) is 5.60. The zero-order valence-corrected chi connectivity index (χ0v) is 16.8. The second-order valence-corrected chi connectivity index (χ2v) is 8.09. The highest BCUT2D eigenvalue weighted by Crippen LogP contribution is 2.31. The van der Waals surface area contributed by atoms with Crippen LogP contribution in [-0.2, 0) is 16.2 Å². The van der Waals surface area contributed by atoms with Gasteiger partial charge in [0.05, 0.1) is 10.5 Å². The van der Waals surface area contributed by atoms with Crippen LogP contribution in [0.25, 0.3) is 0 Å². The van der Waals surface area contributed by atoms with Crippen molar-refractivity contribution in [2.75, 3.05) is 10.0 Å².